The van der Waals surface area contributed by atoms with E-state index in [1.54, 1.807) is 6.26 Å². The smallest absolute Gasteiger partial charge is 0.0498 e. The summed E-state index contributed by atoms with van der Waals surface area (Å²) in [4.78, 5) is 0.901. The molecule has 0 aliphatic heterocycles. The van der Waals surface area contributed by atoms with Crippen molar-refractivity contribution in [3.8, 4) is 0 Å². The molecule has 100 valence electrons. The summed E-state index contributed by atoms with van der Waals surface area (Å²) < 4.78 is 11.3. The second-order valence-corrected chi connectivity index (χ2v) is 6.77. The van der Waals surface area contributed by atoms with Crippen LogP contribution in [0.3, 0.4) is 0 Å². The van der Waals surface area contributed by atoms with Crippen LogP contribution in [0.2, 0.25) is 0 Å². The fourth-order valence-electron chi connectivity index (χ4n) is 2.51. The van der Waals surface area contributed by atoms with Crippen LogP contribution in [0.5, 0.6) is 0 Å². The third-order valence-corrected chi connectivity index (χ3v) is 5.02. The fourth-order valence-corrected chi connectivity index (χ4v) is 3.03. The summed E-state index contributed by atoms with van der Waals surface area (Å²) >= 11 is 0. The van der Waals surface area contributed by atoms with Gasteiger partial charge >= 0.3 is 0 Å². The zero-order chi connectivity index (χ0) is 13.1. The first-order valence-electron chi connectivity index (χ1n) is 6.77. The van der Waals surface area contributed by atoms with Gasteiger partial charge in [0.2, 0.25) is 0 Å². The lowest BCUT2D eigenvalue weighted by atomic mass is 9.80. The molecule has 0 spiro atoms. The van der Waals surface area contributed by atoms with Gasteiger partial charge in [0.05, 0.1) is 0 Å². The average molecular weight is 265 g/mol. The second-order valence-electron chi connectivity index (χ2n) is 5.39. The molecule has 18 heavy (non-hydrogen) atoms. The summed E-state index contributed by atoms with van der Waals surface area (Å²) in [5.74, 6) is 0.856. The van der Waals surface area contributed by atoms with Crippen molar-refractivity contribution in [2.45, 2.75) is 50.1 Å². The van der Waals surface area contributed by atoms with E-state index in [0.717, 1.165) is 10.8 Å². The van der Waals surface area contributed by atoms with Gasteiger partial charge in [0.15, 0.2) is 0 Å². The highest BCUT2D eigenvalue weighted by molar-refractivity contribution is 7.84. The number of rotatable bonds is 5. The van der Waals surface area contributed by atoms with E-state index in [0.29, 0.717) is 12.1 Å². The first-order chi connectivity index (χ1) is 8.58. The monoisotopic (exact) mass is 265 g/mol. The maximum absolute atomic E-state index is 11.3. The summed E-state index contributed by atoms with van der Waals surface area (Å²) in [5, 5.41) is 3.67. The molecule has 2 rings (SSSR count). The molecule has 1 aromatic carbocycles. The van der Waals surface area contributed by atoms with Gasteiger partial charge in [-0.3, -0.25) is 4.21 Å². The summed E-state index contributed by atoms with van der Waals surface area (Å²) in [5.41, 5.74) is 1.27. The van der Waals surface area contributed by atoms with Crippen LogP contribution >= 0.6 is 0 Å². The highest BCUT2D eigenvalue weighted by atomic mass is 32.2. The quantitative estimate of drug-likeness (QED) is 0.885. The minimum atomic E-state index is -0.881. The molecule has 0 bridgehead atoms. The molecule has 1 saturated carbocycles. The fraction of sp³-hybridized carbons (Fsp3) is 0.600. The topological polar surface area (TPSA) is 29.1 Å². The Kier molecular flexibility index (Phi) is 4.57. The van der Waals surface area contributed by atoms with Crippen LogP contribution in [0, 0.1) is 5.92 Å². The molecule has 1 aromatic rings. The standard InChI is InChI=1S/C15H23NOS/c1-11(13-5-4-6-13)16-12(2)14-7-9-15(10-8-14)18(3)17/h7-13,16H,4-6H2,1-3H3/t11-,12-,18+/m0/s1. The lowest BCUT2D eigenvalue weighted by Crippen LogP contribution is -2.38. The molecule has 0 amide bonds. The summed E-state index contributed by atoms with van der Waals surface area (Å²) in [6.45, 7) is 4.49. The van der Waals surface area contributed by atoms with Crippen LogP contribution in [0.25, 0.3) is 0 Å². The van der Waals surface area contributed by atoms with Crippen LogP contribution in [0.1, 0.15) is 44.7 Å². The normalized spacial score (nSPS) is 21.1. The van der Waals surface area contributed by atoms with Crippen molar-refractivity contribution >= 4 is 10.8 Å². The van der Waals surface area contributed by atoms with Crippen LogP contribution in [0.4, 0.5) is 0 Å². The molecule has 0 unspecified atom stereocenters. The maximum atomic E-state index is 11.3. The predicted octanol–water partition coefficient (Wildman–Crippen LogP) is 3.26. The summed E-state index contributed by atoms with van der Waals surface area (Å²) in [7, 11) is -0.881. The van der Waals surface area contributed by atoms with E-state index in [1.165, 1.54) is 24.8 Å². The molecule has 3 atom stereocenters. The van der Waals surface area contributed by atoms with E-state index >= 15 is 0 Å². The Morgan fingerprint density at radius 3 is 2.28 bits per heavy atom. The van der Waals surface area contributed by atoms with Gasteiger partial charge in [-0.2, -0.15) is 0 Å². The van der Waals surface area contributed by atoms with E-state index in [2.05, 4.69) is 31.3 Å². The third kappa shape index (κ3) is 3.21. The summed E-state index contributed by atoms with van der Waals surface area (Å²) in [6.07, 6.45) is 5.85. The van der Waals surface area contributed by atoms with Gasteiger partial charge < -0.3 is 5.32 Å². The highest BCUT2D eigenvalue weighted by Gasteiger charge is 2.24. The van der Waals surface area contributed by atoms with E-state index in [1.807, 2.05) is 12.1 Å². The van der Waals surface area contributed by atoms with Gasteiger partial charge in [-0.05, 0) is 50.3 Å². The van der Waals surface area contributed by atoms with Crippen LogP contribution in [-0.2, 0) is 10.8 Å². The van der Waals surface area contributed by atoms with Gasteiger partial charge in [0, 0.05) is 34.0 Å². The highest BCUT2D eigenvalue weighted by Crippen LogP contribution is 2.30. The molecule has 0 heterocycles. The minimum absolute atomic E-state index is 0.361. The lowest BCUT2D eigenvalue weighted by Gasteiger charge is -2.34. The molecule has 1 aliphatic carbocycles. The van der Waals surface area contributed by atoms with Gasteiger partial charge in [-0.25, -0.2) is 0 Å². The van der Waals surface area contributed by atoms with Gasteiger partial charge in [-0.15, -0.1) is 0 Å². The number of hydrogen-bond donors (Lipinski definition) is 1. The Bertz CT molecular complexity index is 411. The Labute approximate surface area is 113 Å². The van der Waals surface area contributed by atoms with Crippen molar-refractivity contribution in [1.82, 2.24) is 5.32 Å². The molecule has 0 radical (unpaired) electrons. The zero-order valence-electron chi connectivity index (χ0n) is 11.5. The van der Waals surface area contributed by atoms with Crippen molar-refractivity contribution in [3.05, 3.63) is 29.8 Å². The van der Waals surface area contributed by atoms with E-state index in [-0.39, 0.29) is 0 Å². The van der Waals surface area contributed by atoms with Crippen LogP contribution in [0.15, 0.2) is 29.2 Å². The van der Waals surface area contributed by atoms with E-state index in [9.17, 15) is 4.21 Å². The number of benzene rings is 1. The molecule has 2 nitrogen and oxygen atoms in total. The first-order valence-corrected chi connectivity index (χ1v) is 8.33. The molecule has 1 N–H and O–H groups in total. The van der Waals surface area contributed by atoms with Gasteiger partial charge in [0.25, 0.3) is 0 Å². The molecule has 3 heteroatoms. The van der Waals surface area contributed by atoms with Gasteiger partial charge in [0.1, 0.15) is 0 Å². The minimum Gasteiger partial charge on any atom is -0.307 e. The van der Waals surface area contributed by atoms with E-state index < -0.39 is 10.8 Å². The summed E-state index contributed by atoms with van der Waals surface area (Å²) in [6, 6.07) is 9.06. The number of hydrogen-bond acceptors (Lipinski definition) is 2. The Hall–Kier alpha value is -0.670. The Morgan fingerprint density at radius 2 is 1.83 bits per heavy atom. The van der Waals surface area contributed by atoms with Crippen molar-refractivity contribution in [1.29, 1.82) is 0 Å². The molecule has 1 aliphatic rings. The molecular weight excluding hydrogens is 242 g/mol. The third-order valence-electron chi connectivity index (χ3n) is 4.08. The van der Waals surface area contributed by atoms with Crippen molar-refractivity contribution in [3.63, 3.8) is 0 Å². The molecule has 0 saturated heterocycles. The average Bonchev–Trinajstić information content (AvgIpc) is 2.26. The Morgan fingerprint density at radius 1 is 1.22 bits per heavy atom. The second kappa shape index (κ2) is 5.98. The SMILES string of the molecule is C[C@H](N[C@@H](C)C1CCC1)c1ccc([S@@](C)=O)cc1. The lowest BCUT2D eigenvalue weighted by molar-refractivity contribution is 0.230. The Balaban J connectivity index is 1.95. The van der Waals surface area contributed by atoms with Crippen molar-refractivity contribution < 1.29 is 4.21 Å². The molecule has 1 fully saturated rings. The largest absolute Gasteiger partial charge is 0.307 e. The van der Waals surface area contributed by atoms with Gasteiger partial charge in [-0.1, -0.05) is 18.6 Å². The van der Waals surface area contributed by atoms with Crippen molar-refractivity contribution in [2.24, 2.45) is 5.92 Å². The van der Waals surface area contributed by atoms with Crippen LogP contribution in [-0.4, -0.2) is 16.5 Å². The molecule has 0 aromatic heterocycles. The number of nitrogens with one attached hydrogen (secondary N) is 1. The molecular formula is C15H23NOS. The maximum Gasteiger partial charge on any atom is 0.0498 e. The first kappa shape index (κ1) is 13.8. The van der Waals surface area contributed by atoms with E-state index in [4.69, 9.17) is 0 Å². The zero-order valence-corrected chi connectivity index (χ0v) is 12.3. The predicted molar refractivity (Wildman–Crippen MR) is 77.1 cm³/mol. The van der Waals surface area contributed by atoms with Crippen molar-refractivity contribution in [2.75, 3.05) is 6.26 Å². The van der Waals surface area contributed by atoms with Crippen LogP contribution < -0.4 is 5.32 Å².